The van der Waals surface area contributed by atoms with Gasteiger partial charge in [-0.2, -0.15) is 8.42 Å². The van der Waals surface area contributed by atoms with Crippen molar-refractivity contribution in [3.8, 4) is 16.9 Å². The van der Waals surface area contributed by atoms with Crippen LogP contribution in [0.3, 0.4) is 0 Å². The largest absolute Gasteiger partial charge is 0.488 e. The van der Waals surface area contributed by atoms with Gasteiger partial charge in [-0.05, 0) is 59.7 Å². The van der Waals surface area contributed by atoms with Crippen molar-refractivity contribution in [2.45, 2.75) is 33.2 Å². The fraction of sp³-hybridized carbons (Fsp3) is 0.345. The molecule has 2 aliphatic rings. The average molecular weight is 554 g/mol. The van der Waals surface area contributed by atoms with Crippen LogP contribution < -0.4 is 19.7 Å². The standard InChI is InChI=1S/C29H32FN3O5S/c1-18-25(19(2)28(38-39(30,35)36)20(3)27(18)33-14-12-31-13-15-33)16-32-29(34)37-17-26-23-10-6-4-8-21(23)22-9-5-7-11-24(22)26/h4-11,26,31H,12-17H2,1-3H3,(H,32,34). The first-order chi connectivity index (χ1) is 18.7. The van der Waals surface area contributed by atoms with Gasteiger partial charge in [0.05, 0.1) is 0 Å². The summed E-state index contributed by atoms with van der Waals surface area (Å²) in [4.78, 5) is 15.0. The Morgan fingerprint density at radius 2 is 1.56 bits per heavy atom. The number of rotatable bonds is 7. The van der Waals surface area contributed by atoms with Crippen molar-refractivity contribution in [3.63, 3.8) is 0 Å². The molecule has 0 unspecified atom stereocenters. The number of halogens is 1. The topological polar surface area (TPSA) is 97.0 Å². The number of hydrogen-bond acceptors (Lipinski definition) is 7. The Kier molecular flexibility index (Phi) is 7.51. The van der Waals surface area contributed by atoms with E-state index in [1.54, 1.807) is 13.8 Å². The summed E-state index contributed by atoms with van der Waals surface area (Å²) >= 11 is 0. The number of carbonyl (C=O) groups excluding carboxylic acids is 1. The van der Waals surface area contributed by atoms with Crippen LogP contribution in [-0.2, 0) is 21.8 Å². The molecule has 1 saturated heterocycles. The lowest BCUT2D eigenvalue weighted by Gasteiger charge is -2.34. The van der Waals surface area contributed by atoms with Gasteiger partial charge >= 0.3 is 16.6 Å². The molecule has 39 heavy (non-hydrogen) atoms. The highest BCUT2D eigenvalue weighted by Crippen LogP contribution is 2.44. The summed E-state index contributed by atoms with van der Waals surface area (Å²) in [5.41, 5.74) is 7.81. The monoisotopic (exact) mass is 553 g/mol. The molecule has 3 aromatic carbocycles. The third-order valence-corrected chi connectivity index (χ3v) is 8.03. The van der Waals surface area contributed by atoms with Gasteiger partial charge in [-0.1, -0.05) is 52.4 Å². The Hall–Kier alpha value is -3.63. The van der Waals surface area contributed by atoms with Gasteiger partial charge in [0.25, 0.3) is 0 Å². The van der Waals surface area contributed by atoms with Gasteiger partial charge in [0.1, 0.15) is 6.61 Å². The maximum Gasteiger partial charge on any atom is 0.488 e. The Labute approximate surface area is 228 Å². The van der Waals surface area contributed by atoms with Gasteiger partial charge in [0, 0.05) is 49.9 Å². The molecule has 1 amide bonds. The van der Waals surface area contributed by atoms with E-state index in [0.717, 1.165) is 46.6 Å². The first-order valence-electron chi connectivity index (χ1n) is 13.0. The minimum atomic E-state index is -5.24. The van der Waals surface area contributed by atoms with Crippen LogP contribution in [0.2, 0.25) is 0 Å². The van der Waals surface area contributed by atoms with Gasteiger partial charge in [-0.25, -0.2) is 4.79 Å². The van der Waals surface area contributed by atoms with E-state index in [2.05, 4.69) is 39.8 Å². The van der Waals surface area contributed by atoms with Gasteiger partial charge in [-0.3, -0.25) is 0 Å². The zero-order valence-corrected chi connectivity index (χ0v) is 23.0. The molecule has 1 fully saturated rings. The number of ether oxygens (including phenoxy) is 1. The summed E-state index contributed by atoms with van der Waals surface area (Å²) in [5.74, 6) is -0.124. The molecule has 0 radical (unpaired) electrons. The lowest BCUT2D eigenvalue weighted by Crippen LogP contribution is -2.44. The van der Waals surface area contributed by atoms with E-state index in [1.807, 2.05) is 31.2 Å². The van der Waals surface area contributed by atoms with Gasteiger partial charge < -0.3 is 24.5 Å². The predicted octanol–water partition coefficient (Wildman–Crippen LogP) is 4.65. The molecule has 0 atom stereocenters. The molecule has 206 valence electrons. The number of piperazine rings is 1. The maximum atomic E-state index is 13.7. The molecule has 1 aliphatic heterocycles. The molecule has 1 aliphatic carbocycles. The van der Waals surface area contributed by atoms with Crippen LogP contribution >= 0.6 is 0 Å². The van der Waals surface area contributed by atoms with Crippen molar-refractivity contribution in [1.29, 1.82) is 0 Å². The zero-order valence-electron chi connectivity index (χ0n) is 22.2. The summed E-state index contributed by atoms with van der Waals surface area (Å²) in [6.45, 7) is 8.47. The fourth-order valence-electron chi connectivity index (χ4n) is 5.89. The van der Waals surface area contributed by atoms with Crippen LogP contribution in [0, 0.1) is 20.8 Å². The van der Waals surface area contributed by atoms with Crippen molar-refractivity contribution in [2.75, 3.05) is 37.7 Å². The number of nitrogens with one attached hydrogen (secondary N) is 2. The van der Waals surface area contributed by atoms with E-state index in [0.29, 0.717) is 29.8 Å². The van der Waals surface area contributed by atoms with E-state index in [1.165, 1.54) is 0 Å². The number of alkyl carbamates (subject to hydrolysis) is 1. The molecule has 10 heteroatoms. The van der Waals surface area contributed by atoms with Crippen LogP contribution in [0.25, 0.3) is 11.1 Å². The quantitative estimate of drug-likeness (QED) is 0.411. The highest BCUT2D eigenvalue weighted by Gasteiger charge is 2.30. The highest BCUT2D eigenvalue weighted by atomic mass is 32.3. The molecular formula is C29H32FN3O5S. The van der Waals surface area contributed by atoms with Crippen LogP contribution in [0.4, 0.5) is 14.4 Å². The Bertz CT molecular complexity index is 1470. The minimum Gasteiger partial charge on any atom is -0.449 e. The second-order valence-corrected chi connectivity index (χ2v) is 10.9. The molecule has 0 bridgehead atoms. The first kappa shape index (κ1) is 27.0. The average Bonchev–Trinajstić information content (AvgIpc) is 3.23. The summed E-state index contributed by atoms with van der Waals surface area (Å²) in [7, 11) is -5.24. The summed E-state index contributed by atoms with van der Waals surface area (Å²) in [6.07, 6.45) is -0.597. The van der Waals surface area contributed by atoms with Crippen molar-refractivity contribution < 1.29 is 26.0 Å². The van der Waals surface area contributed by atoms with E-state index in [4.69, 9.17) is 8.92 Å². The molecular weight excluding hydrogens is 521 g/mol. The number of benzene rings is 3. The zero-order chi connectivity index (χ0) is 27.7. The molecule has 0 aromatic heterocycles. The maximum absolute atomic E-state index is 13.7. The van der Waals surface area contributed by atoms with Crippen molar-refractivity contribution in [2.24, 2.45) is 0 Å². The number of anilines is 1. The normalized spacial score (nSPS) is 15.0. The van der Waals surface area contributed by atoms with Crippen LogP contribution in [0.15, 0.2) is 48.5 Å². The van der Waals surface area contributed by atoms with Crippen LogP contribution in [0.5, 0.6) is 5.75 Å². The van der Waals surface area contributed by atoms with Crippen LogP contribution in [-0.4, -0.2) is 47.3 Å². The summed E-state index contributed by atoms with van der Waals surface area (Å²) in [5, 5.41) is 6.09. The second kappa shape index (κ2) is 10.9. The smallest absolute Gasteiger partial charge is 0.449 e. The van der Waals surface area contributed by atoms with Gasteiger partial charge in [-0.15, -0.1) is 0 Å². The van der Waals surface area contributed by atoms with E-state index in [9.17, 15) is 17.1 Å². The summed E-state index contributed by atoms with van der Waals surface area (Å²) < 4.78 is 47.0. The SMILES string of the molecule is Cc1c(CNC(=O)OCC2c3ccccc3-c3ccccc32)c(C)c(N2CCNCC2)c(C)c1OS(=O)(=O)F. The van der Waals surface area contributed by atoms with E-state index < -0.39 is 16.6 Å². The summed E-state index contributed by atoms with van der Waals surface area (Å²) in [6, 6.07) is 16.2. The number of amides is 1. The van der Waals surface area contributed by atoms with Gasteiger partial charge in [0.2, 0.25) is 0 Å². The number of hydrogen-bond donors (Lipinski definition) is 2. The van der Waals surface area contributed by atoms with Crippen LogP contribution in [0.1, 0.15) is 39.3 Å². The Morgan fingerprint density at radius 3 is 2.15 bits per heavy atom. The number of fused-ring (bicyclic) bond motifs is 3. The molecule has 3 aromatic rings. The third-order valence-electron chi connectivity index (χ3n) is 7.67. The highest BCUT2D eigenvalue weighted by molar-refractivity contribution is 7.81. The molecule has 8 nitrogen and oxygen atoms in total. The lowest BCUT2D eigenvalue weighted by atomic mass is 9.94. The second-order valence-electron chi connectivity index (χ2n) is 9.92. The van der Waals surface area contributed by atoms with E-state index in [-0.39, 0.29) is 24.8 Å². The van der Waals surface area contributed by atoms with Gasteiger partial charge in [0.15, 0.2) is 5.75 Å². The molecule has 0 spiro atoms. The molecule has 2 N–H and O–H groups in total. The first-order valence-corrected chi connectivity index (χ1v) is 14.3. The Balaban J connectivity index is 1.36. The number of nitrogens with zero attached hydrogens (tertiary/aromatic N) is 1. The number of carbonyl (C=O) groups is 1. The van der Waals surface area contributed by atoms with Crippen molar-refractivity contribution in [3.05, 3.63) is 81.9 Å². The minimum absolute atomic E-state index is 0.0547. The lowest BCUT2D eigenvalue weighted by molar-refractivity contribution is 0.142. The molecule has 5 rings (SSSR count). The molecule has 1 heterocycles. The Morgan fingerprint density at radius 1 is 0.974 bits per heavy atom. The molecule has 0 saturated carbocycles. The fourth-order valence-corrected chi connectivity index (χ4v) is 6.34. The van der Waals surface area contributed by atoms with Crippen molar-refractivity contribution in [1.82, 2.24) is 10.6 Å². The van der Waals surface area contributed by atoms with E-state index >= 15 is 0 Å². The van der Waals surface area contributed by atoms with Crippen molar-refractivity contribution >= 4 is 22.3 Å². The third kappa shape index (κ3) is 5.44. The predicted molar refractivity (Wildman–Crippen MR) is 148 cm³/mol.